The molecule has 0 spiro atoms. The van der Waals surface area contributed by atoms with Crippen molar-refractivity contribution in [3.05, 3.63) is 26.3 Å². The molecular formula is C11H14IN3O4. The third-order valence-corrected chi connectivity index (χ3v) is 3.31. The first kappa shape index (κ1) is 14.4. The van der Waals surface area contributed by atoms with Crippen molar-refractivity contribution >= 4 is 34.5 Å². The van der Waals surface area contributed by atoms with E-state index < -0.39 is 24.1 Å². The number of nitrogen functional groups attached to an aromatic ring is 1. The first-order valence-electron chi connectivity index (χ1n) is 5.66. The number of anilines is 1. The molecule has 1 aliphatic rings. The van der Waals surface area contributed by atoms with Gasteiger partial charge in [-0.3, -0.25) is 4.57 Å². The van der Waals surface area contributed by atoms with Gasteiger partial charge in [0.1, 0.15) is 18.1 Å². The Morgan fingerprint density at radius 2 is 2.42 bits per heavy atom. The number of rotatable bonds is 3. The lowest BCUT2D eigenvalue weighted by molar-refractivity contribution is -0.0458. The minimum atomic E-state index is -0.803. The highest BCUT2D eigenvalue weighted by atomic mass is 127. The fourth-order valence-corrected chi connectivity index (χ4v) is 2.34. The van der Waals surface area contributed by atoms with Gasteiger partial charge in [-0.25, -0.2) is 4.79 Å². The number of nitrogens with two attached hydrogens (primary N) is 1. The lowest BCUT2D eigenvalue weighted by atomic mass is 10.2. The van der Waals surface area contributed by atoms with E-state index in [9.17, 15) is 9.90 Å². The number of hydrogen-bond donors (Lipinski definition) is 3. The molecule has 1 aromatic heterocycles. The van der Waals surface area contributed by atoms with E-state index in [1.54, 1.807) is 10.2 Å². The summed E-state index contributed by atoms with van der Waals surface area (Å²) in [5.41, 5.74) is 5.70. The highest BCUT2D eigenvalue weighted by Gasteiger charge is 2.35. The first-order valence-corrected chi connectivity index (χ1v) is 6.91. The second-order valence-electron chi connectivity index (χ2n) is 4.18. The van der Waals surface area contributed by atoms with Crippen LogP contribution in [0.3, 0.4) is 0 Å². The van der Waals surface area contributed by atoms with Gasteiger partial charge in [-0.1, -0.05) is 22.6 Å². The van der Waals surface area contributed by atoms with Crippen molar-refractivity contribution < 1.29 is 14.9 Å². The molecule has 8 heteroatoms. The average molecular weight is 379 g/mol. The summed E-state index contributed by atoms with van der Waals surface area (Å²) in [5.74, 6) is 0.145. The van der Waals surface area contributed by atoms with Crippen molar-refractivity contribution in [3.63, 3.8) is 0 Å². The van der Waals surface area contributed by atoms with Crippen molar-refractivity contribution in [2.24, 2.45) is 0 Å². The van der Waals surface area contributed by atoms with Crippen LogP contribution in [0.5, 0.6) is 0 Å². The SMILES string of the molecule is Nc1nc(=O)n([C@H]2C[C@H](O)[C@@H](CO)O2)cc1C=CI. The molecule has 0 amide bonds. The van der Waals surface area contributed by atoms with Gasteiger partial charge in [0.25, 0.3) is 0 Å². The molecule has 2 heterocycles. The highest BCUT2D eigenvalue weighted by molar-refractivity contribution is 14.1. The van der Waals surface area contributed by atoms with Gasteiger partial charge in [0.05, 0.1) is 12.7 Å². The molecule has 19 heavy (non-hydrogen) atoms. The zero-order chi connectivity index (χ0) is 14.0. The topological polar surface area (TPSA) is 111 Å². The normalized spacial score (nSPS) is 27.2. The standard InChI is InChI=1S/C11H14IN3O4/c12-2-1-6-4-15(11(18)14-10(6)13)9-3-7(17)8(5-16)19-9/h1-2,4,7-9,16-17H,3,5H2,(H2,13,14,18)/t7-,8+,9+/m0/s1. The smallest absolute Gasteiger partial charge is 0.351 e. The Morgan fingerprint density at radius 1 is 1.68 bits per heavy atom. The lowest BCUT2D eigenvalue weighted by Crippen LogP contribution is -2.28. The molecule has 104 valence electrons. The van der Waals surface area contributed by atoms with E-state index in [0.717, 1.165) is 0 Å². The lowest BCUT2D eigenvalue weighted by Gasteiger charge is -2.15. The molecule has 1 aromatic rings. The van der Waals surface area contributed by atoms with Gasteiger partial charge < -0.3 is 20.7 Å². The number of ether oxygens (including phenoxy) is 1. The molecule has 0 unspecified atom stereocenters. The Hall–Kier alpha value is -0.970. The minimum Gasteiger partial charge on any atom is -0.394 e. The summed E-state index contributed by atoms with van der Waals surface area (Å²) in [6.07, 6.45) is 1.35. The summed E-state index contributed by atoms with van der Waals surface area (Å²) in [7, 11) is 0. The van der Waals surface area contributed by atoms with E-state index in [1.807, 2.05) is 22.6 Å². The van der Waals surface area contributed by atoms with Gasteiger partial charge >= 0.3 is 5.69 Å². The van der Waals surface area contributed by atoms with E-state index in [4.69, 9.17) is 15.6 Å². The number of aromatic nitrogens is 2. The second kappa shape index (κ2) is 5.99. The van der Waals surface area contributed by atoms with Crippen LogP contribution in [0, 0.1) is 0 Å². The number of hydrogen-bond acceptors (Lipinski definition) is 6. The second-order valence-corrected chi connectivity index (χ2v) is 4.90. The van der Waals surface area contributed by atoms with E-state index in [1.165, 1.54) is 10.8 Å². The van der Waals surface area contributed by atoms with Crippen LogP contribution in [0.4, 0.5) is 5.82 Å². The molecule has 3 atom stereocenters. The molecule has 0 bridgehead atoms. The molecule has 7 nitrogen and oxygen atoms in total. The van der Waals surface area contributed by atoms with Crippen molar-refractivity contribution in [2.75, 3.05) is 12.3 Å². The largest absolute Gasteiger partial charge is 0.394 e. The van der Waals surface area contributed by atoms with Crippen LogP contribution in [-0.4, -0.2) is 38.6 Å². The summed E-state index contributed by atoms with van der Waals surface area (Å²) in [4.78, 5) is 15.5. The average Bonchev–Trinajstić information content (AvgIpc) is 2.74. The predicted molar refractivity (Wildman–Crippen MR) is 77.6 cm³/mol. The Kier molecular flexibility index (Phi) is 4.55. The van der Waals surface area contributed by atoms with Crippen LogP contribution in [0.25, 0.3) is 6.08 Å². The molecule has 0 aromatic carbocycles. The van der Waals surface area contributed by atoms with Crippen LogP contribution < -0.4 is 11.4 Å². The fourth-order valence-electron chi connectivity index (χ4n) is 1.95. The summed E-state index contributed by atoms with van der Waals surface area (Å²) < 4.78 is 8.45. The Bertz CT molecular complexity index is 545. The van der Waals surface area contributed by atoms with Gasteiger partial charge in [0.15, 0.2) is 0 Å². The Balaban J connectivity index is 2.35. The van der Waals surface area contributed by atoms with Crippen molar-refractivity contribution in [1.29, 1.82) is 0 Å². The maximum Gasteiger partial charge on any atom is 0.351 e. The number of nitrogens with zero attached hydrogens (tertiary/aromatic N) is 2. The predicted octanol–water partition coefficient (Wildman–Crippen LogP) is -0.128. The van der Waals surface area contributed by atoms with E-state index in [0.29, 0.717) is 5.56 Å². The zero-order valence-corrected chi connectivity index (χ0v) is 12.1. The molecule has 1 saturated heterocycles. The number of aliphatic hydroxyl groups is 2. The molecule has 0 radical (unpaired) electrons. The quantitative estimate of drug-likeness (QED) is 0.632. The van der Waals surface area contributed by atoms with Crippen molar-refractivity contribution in [2.45, 2.75) is 24.9 Å². The number of halogens is 1. The summed E-state index contributed by atoms with van der Waals surface area (Å²) >= 11 is 2.03. The van der Waals surface area contributed by atoms with Gasteiger partial charge in [0, 0.05) is 18.2 Å². The minimum absolute atomic E-state index is 0.145. The van der Waals surface area contributed by atoms with E-state index in [-0.39, 0.29) is 18.8 Å². The first-order chi connectivity index (χ1) is 9.06. The third-order valence-electron chi connectivity index (χ3n) is 2.95. The van der Waals surface area contributed by atoms with Crippen LogP contribution in [0.2, 0.25) is 0 Å². The van der Waals surface area contributed by atoms with Gasteiger partial charge in [0.2, 0.25) is 0 Å². The van der Waals surface area contributed by atoms with Crippen LogP contribution in [-0.2, 0) is 4.74 Å². The zero-order valence-electron chi connectivity index (χ0n) is 9.94. The molecule has 1 fully saturated rings. The van der Waals surface area contributed by atoms with Crippen molar-refractivity contribution in [1.82, 2.24) is 9.55 Å². The van der Waals surface area contributed by atoms with E-state index >= 15 is 0 Å². The molecular weight excluding hydrogens is 365 g/mol. The molecule has 0 saturated carbocycles. The van der Waals surface area contributed by atoms with Gasteiger partial charge in [-0.2, -0.15) is 4.98 Å². The van der Waals surface area contributed by atoms with Gasteiger partial charge in [-0.05, 0) is 10.2 Å². The monoisotopic (exact) mass is 379 g/mol. The molecule has 2 rings (SSSR count). The van der Waals surface area contributed by atoms with Gasteiger partial charge in [-0.15, -0.1) is 0 Å². The van der Waals surface area contributed by atoms with E-state index in [2.05, 4.69) is 4.98 Å². The Morgan fingerprint density at radius 3 is 3.00 bits per heavy atom. The molecule has 0 aliphatic carbocycles. The summed E-state index contributed by atoms with van der Waals surface area (Å²) in [5, 5.41) is 18.7. The fraction of sp³-hybridized carbons (Fsp3) is 0.455. The van der Waals surface area contributed by atoms with Crippen LogP contribution in [0.1, 0.15) is 18.2 Å². The molecule has 4 N–H and O–H groups in total. The Labute approximate surface area is 122 Å². The van der Waals surface area contributed by atoms with Crippen LogP contribution in [0.15, 0.2) is 15.1 Å². The maximum absolute atomic E-state index is 11.8. The number of aliphatic hydroxyl groups excluding tert-OH is 2. The maximum atomic E-state index is 11.8. The van der Waals surface area contributed by atoms with Crippen LogP contribution >= 0.6 is 22.6 Å². The molecule has 1 aliphatic heterocycles. The summed E-state index contributed by atoms with van der Waals surface area (Å²) in [6, 6.07) is 0. The van der Waals surface area contributed by atoms with Crippen molar-refractivity contribution in [3.8, 4) is 0 Å². The highest BCUT2D eigenvalue weighted by Crippen LogP contribution is 2.27. The summed E-state index contributed by atoms with van der Waals surface area (Å²) in [6.45, 7) is -0.296. The third kappa shape index (κ3) is 2.96.